The molecule has 4 aromatic rings. The molecule has 0 saturated heterocycles. The normalized spacial score (nSPS) is 11.2. The van der Waals surface area contributed by atoms with E-state index < -0.39 is 0 Å². The van der Waals surface area contributed by atoms with Gasteiger partial charge in [0.1, 0.15) is 11.2 Å². The van der Waals surface area contributed by atoms with E-state index in [2.05, 4.69) is 27.7 Å². The number of aromatic nitrogens is 3. The standard InChI is InChI=1S/C17H13N3OS/c1-10-8-12(5-6-18-10)13-9-14(15-4-3-7-22-15)19-16-11(2)20-21-17(13)16/h3-9H,1-2H3. The molecule has 22 heavy (non-hydrogen) atoms. The number of fused-ring (bicyclic) bond motifs is 1. The topological polar surface area (TPSA) is 51.8 Å². The Morgan fingerprint density at radius 2 is 2.05 bits per heavy atom. The van der Waals surface area contributed by atoms with Gasteiger partial charge in [-0.05, 0) is 49.1 Å². The zero-order valence-corrected chi connectivity index (χ0v) is 13.0. The first kappa shape index (κ1) is 13.2. The molecule has 4 nitrogen and oxygen atoms in total. The minimum atomic E-state index is 0.725. The Balaban J connectivity index is 2.04. The van der Waals surface area contributed by atoms with E-state index in [0.29, 0.717) is 0 Å². The van der Waals surface area contributed by atoms with Gasteiger partial charge in [-0.15, -0.1) is 11.3 Å². The van der Waals surface area contributed by atoms with Gasteiger partial charge in [0.05, 0.1) is 10.6 Å². The predicted octanol–water partition coefficient (Wildman–Crippen LogP) is 4.63. The highest BCUT2D eigenvalue weighted by atomic mass is 32.1. The van der Waals surface area contributed by atoms with Gasteiger partial charge in [-0.2, -0.15) is 0 Å². The van der Waals surface area contributed by atoms with Gasteiger partial charge in [0.2, 0.25) is 0 Å². The molecule has 4 rings (SSSR count). The molecule has 0 aliphatic heterocycles. The van der Waals surface area contributed by atoms with Crippen molar-refractivity contribution >= 4 is 22.4 Å². The maximum Gasteiger partial charge on any atom is 0.193 e. The number of hydrogen-bond acceptors (Lipinski definition) is 5. The van der Waals surface area contributed by atoms with Crippen molar-refractivity contribution in [2.24, 2.45) is 0 Å². The second-order valence-electron chi connectivity index (χ2n) is 5.16. The Hall–Kier alpha value is -2.53. The summed E-state index contributed by atoms with van der Waals surface area (Å²) in [6.07, 6.45) is 1.81. The first-order valence-electron chi connectivity index (χ1n) is 6.96. The van der Waals surface area contributed by atoms with Crippen molar-refractivity contribution < 1.29 is 4.52 Å². The fraction of sp³-hybridized carbons (Fsp3) is 0.118. The van der Waals surface area contributed by atoms with Crippen molar-refractivity contribution in [1.82, 2.24) is 15.1 Å². The average molecular weight is 307 g/mol. The number of rotatable bonds is 2. The highest BCUT2D eigenvalue weighted by Gasteiger charge is 2.16. The Morgan fingerprint density at radius 1 is 1.14 bits per heavy atom. The Bertz CT molecular complexity index is 957. The lowest BCUT2D eigenvalue weighted by molar-refractivity contribution is 0.451. The summed E-state index contributed by atoms with van der Waals surface area (Å²) in [5.74, 6) is 0. The molecule has 0 amide bonds. The van der Waals surface area contributed by atoms with Gasteiger partial charge in [-0.25, -0.2) is 4.98 Å². The average Bonchev–Trinajstić information content (AvgIpc) is 3.17. The molecular formula is C17H13N3OS. The van der Waals surface area contributed by atoms with E-state index in [1.165, 1.54) is 0 Å². The molecule has 5 heteroatoms. The fourth-order valence-corrected chi connectivity index (χ4v) is 3.19. The second-order valence-corrected chi connectivity index (χ2v) is 6.11. The van der Waals surface area contributed by atoms with Gasteiger partial charge in [-0.1, -0.05) is 11.2 Å². The summed E-state index contributed by atoms with van der Waals surface area (Å²) >= 11 is 1.67. The van der Waals surface area contributed by atoms with Crippen LogP contribution in [0.25, 0.3) is 32.8 Å². The van der Waals surface area contributed by atoms with Gasteiger partial charge < -0.3 is 4.52 Å². The Labute approximate surface area is 131 Å². The molecule has 4 aromatic heterocycles. The Morgan fingerprint density at radius 3 is 2.82 bits per heavy atom. The molecule has 0 radical (unpaired) electrons. The van der Waals surface area contributed by atoms with Gasteiger partial charge in [0.25, 0.3) is 0 Å². The van der Waals surface area contributed by atoms with E-state index in [1.807, 2.05) is 38.2 Å². The van der Waals surface area contributed by atoms with Crippen molar-refractivity contribution in [3.8, 4) is 21.7 Å². The molecule has 0 spiro atoms. The van der Waals surface area contributed by atoms with Crippen LogP contribution in [0.2, 0.25) is 0 Å². The lowest BCUT2D eigenvalue weighted by Crippen LogP contribution is -1.89. The smallest absolute Gasteiger partial charge is 0.193 e. The number of hydrogen-bond donors (Lipinski definition) is 0. The SMILES string of the molecule is Cc1cc(-c2cc(-c3cccs3)nc3c(C)noc23)ccn1. The van der Waals surface area contributed by atoms with Crippen molar-refractivity contribution in [2.45, 2.75) is 13.8 Å². The lowest BCUT2D eigenvalue weighted by atomic mass is 10.0. The highest BCUT2D eigenvalue weighted by molar-refractivity contribution is 7.13. The number of aryl methyl sites for hydroxylation is 2. The third-order valence-corrected chi connectivity index (χ3v) is 4.46. The van der Waals surface area contributed by atoms with E-state index in [9.17, 15) is 0 Å². The van der Waals surface area contributed by atoms with Crippen LogP contribution in [0.15, 0.2) is 46.4 Å². The van der Waals surface area contributed by atoms with E-state index in [-0.39, 0.29) is 0 Å². The quantitative estimate of drug-likeness (QED) is 0.542. The summed E-state index contributed by atoms with van der Waals surface area (Å²) < 4.78 is 5.52. The van der Waals surface area contributed by atoms with Gasteiger partial charge >= 0.3 is 0 Å². The third kappa shape index (κ3) is 2.10. The van der Waals surface area contributed by atoms with Gasteiger partial charge in [0.15, 0.2) is 5.58 Å². The summed E-state index contributed by atoms with van der Waals surface area (Å²) in [4.78, 5) is 10.1. The van der Waals surface area contributed by atoms with Crippen LogP contribution in [0.5, 0.6) is 0 Å². The largest absolute Gasteiger partial charge is 0.354 e. The monoisotopic (exact) mass is 307 g/mol. The van der Waals surface area contributed by atoms with Crippen LogP contribution < -0.4 is 0 Å². The Kier molecular flexibility index (Phi) is 3.01. The zero-order valence-electron chi connectivity index (χ0n) is 12.2. The molecule has 0 bridgehead atoms. The summed E-state index contributed by atoms with van der Waals surface area (Å²) in [5, 5.41) is 6.13. The van der Waals surface area contributed by atoms with E-state index in [1.54, 1.807) is 11.3 Å². The summed E-state index contributed by atoms with van der Waals surface area (Å²) in [7, 11) is 0. The molecule has 0 aliphatic carbocycles. The van der Waals surface area contributed by atoms with Crippen LogP contribution in [0, 0.1) is 13.8 Å². The maximum atomic E-state index is 5.52. The summed E-state index contributed by atoms with van der Waals surface area (Å²) in [6, 6.07) is 10.2. The predicted molar refractivity (Wildman–Crippen MR) is 87.8 cm³/mol. The number of pyridine rings is 2. The minimum Gasteiger partial charge on any atom is -0.354 e. The van der Waals surface area contributed by atoms with E-state index in [0.717, 1.165) is 44.2 Å². The van der Waals surface area contributed by atoms with Crippen LogP contribution in [-0.4, -0.2) is 15.1 Å². The first-order valence-corrected chi connectivity index (χ1v) is 7.84. The maximum absolute atomic E-state index is 5.52. The third-order valence-electron chi connectivity index (χ3n) is 3.57. The van der Waals surface area contributed by atoms with Crippen LogP contribution in [-0.2, 0) is 0 Å². The lowest BCUT2D eigenvalue weighted by Gasteiger charge is -2.05. The van der Waals surface area contributed by atoms with Crippen LogP contribution >= 0.6 is 11.3 Å². The highest BCUT2D eigenvalue weighted by Crippen LogP contribution is 2.34. The van der Waals surface area contributed by atoms with Gasteiger partial charge in [0, 0.05) is 17.5 Å². The van der Waals surface area contributed by atoms with Gasteiger partial charge in [-0.3, -0.25) is 4.98 Å². The molecule has 0 N–H and O–H groups in total. The van der Waals surface area contributed by atoms with Crippen molar-refractivity contribution in [3.05, 3.63) is 53.3 Å². The first-order chi connectivity index (χ1) is 10.7. The van der Waals surface area contributed by atoms with Crippen LogP contribution in [0.1, 0.15) is 11.4 Å². The molecular weight excluding hydrogens is 294 g/mol. The molecule has 0 aliphatic rings. The van der Waals surface area contributed by atoms with Crippen LogP contribution in [0.4, 0.5) is 0 Å². The molecule has 0 fully saturated rings. The van der Waals surface area contributed by atoms with Crippen LogP contribution in [0.3, 0.4) is 0 Å². The molecule has 108 valence electrons. The van der Waals surface area contributed by atoms with Crippen molar-refractivity contribution in [2.75, 3.05) is 0 Å². The summed E-state index contributed by atoms with van der Waals surface area (Å²) in [5.41, 5.74) is 6.32. The fourth-order valence-electron chi connectivity index (χ4n) is 2.51. The molecule has 0 atom stereocenters. The molecule has 4 heterocycles. The van der Waals surface area contributed by atoms with Crippen molar-refractivity contribution in [3.63, 3.8) is 0 Å². The van der Waals surface area contributed by atoms with E-state index in [4.69, 9.17) is 9.51 Å². The van der Waals surface area contributed by atoms with Crippen molar-refractivity contribution in [1.29, 1.82) is 0 Å². The molecule has 0 aromatic carbocycles. The minimum absolute atomic E-state index is 0.725. The molecule has 0 unspecified atom stereocenters. The summed E-state index contributed by atoms with van der Waals surface area (Å²) in [6.45, 7) is 3.90. The molecule has 0 saturated carbocycles. The second kappa shape index (κ2) is 5.03. The van der Waals surface area contributed by atoms with E-state index >= 15 is 0 Å². The number of nitrogens with zero attached hydrogens (tertiary/aromatic N) is 3. The number of thiophene rings is 1. The zero-order chi connectivity index (χ0) is 15.1.